The number of halogens is 1. The molecule has 120 valence electrons. The van der Waals surface area contributed by atoms with E-state index in [0.717, 1.165) is 43.3 Å². The number of thioether (sulfide) groups is 1. The van der Waals surface area contributed by atoms with Gasteiger partial charge in [0.25, 0.3) is 0 Å². The van der Waals surface area contributed by atoms with Gasteiger partial charge < -0.3 is 15.1 Å². The molecule has 0 saturated carbocycles. The fraction of sp³-hybridized carbons (Fsp3) is 0.533. The highest BCUT2D eigenvalue weighted by atomic mass is 127. The number of guanidine groups is 1. The van der Waals surface area contributed by atoms with E-state index in [0.29, 0.717) is 5.25 Å². The lowest BCUT2D eigenvalue weighted by Gasteiger charge is -2.13. The normalized spacial score (nSPS) is 12.4. The van der Waals surface area contributed by atoms with E-state index in [-0.39, 0.29) is 24.0 Å². The summed E-state index contributed by atoms with van der Waals surface area (Å²) < 4.78 is 5.31. The van der Waals surface area contributed by atoms with E-state index in [4.69, 9.17) is 4.42 Å². The van der Waals surface area contributed by atoms with Crippen LogP contribution in [0.15, 0.2) is 40.0 Å². The molecule has 2 N–H and O–H groups in total. The first-order valence-electron chi connectivity index (χ1n) is 6.83. The van der Waals surface area contributed by atoms with E-state index < -0.39 is 0 Å². The Morgan fingerprint density at radius 1 is 1.48 bits per heavy atom. The SMILES string of the molecule is C=C(C)CNC(=NCC(C)SC)NCCc1ccco1.I. The molecule has 21 heavy (non-hydrogen) atoms. The van der Waals surface area contributed by atoms with E-state index in [9.17, 15) is 0 Å². The Morgan fingerprint density at radius 3 is 2.81 bits per heavy atom. The summed E-state index contributed by atoms with van der Waals surface area (Å²) in [5.74, 6) is 1.81. The van der Waals surface area contributed by atoms with Crippen LogP contribution in [0.3, 0.4) is 0 Å². The summed E-state index contributed by atoms with van der Waals surface area (Å²) in [6, 6.07) is 3.89. The Bertz CT molecular complexity index is 421. The predicted molar refractivity (Wildman–Crippen MR) is 104 cm³/mol. The molecule has 0 radical (unpaired) electrons. The van der Waals surface area contributed by atoms with Crippen molar-refractivity contribution >= 4 is 41.7 Å². The van der Waals surface area contributed by atoms with Crippen molar-refractivity contribution in [3.8, 4) is 0 Å². The van der Waals surface area contributed by atoms with Gasteiger partial charge in [-0.15, -0.1) is 24.0 Å². The largest absolute Gasteiger partial charge is 0.469 e. The van der Waals surface area contributed by atoms with Crippen molar-refractivity contribution in [2.45, 2.75) is 25.5 Å². The maximum Gasteiger partial charge on any atom is 0.191 e. The molecule has 1 aromatic heterocycles. The average Bonchev–Trinajstić information content (AvgIpc) is 2.93. The molecule has 0 amide bonds. The van der Waals surface area contributed by atoms with E-state index >= 15 is 0 Å². The topological polar surface area (TPSA) is 49.6 Å². The Morgan fingerprint density at radius 2 is 2.24 bits per heavy atom. The molecular weight excluding hydrogens is 397 g/mol. The van der Waals surface area contributed by atoms with Crippen LogP contribution in [0.25, 0.3) is 0 Å². The first-order valence-corrected chi connectivity index (χ1v) is 8.12. The van der Waals surface area contributed by atoms with Crippen LogP contribution in [0.2, 0.25) is 0 Å². The Hall–Kier alpha value is -0.630. The first kappa shape index (κ1) is 20.4. The smallest absolute Gasteiger partial charge is 0.191 e. The molecule has 0 aliphatic rings. The molecule has 0 aromatic carbocycles. The molecule has 1 aromatic rings. The van der Waals surface area contributed by atoms with Crippen LogP contribution in [-0.4, -0.2) is 37.1 Å². The summed E-state index contributed by atoms with van der Waals surface area (Å²) in [6.45, 7) is 10.4. The van der Waals surface area contributed by atoms with Crippen LogP contribution in [0.4, 0.5) is 0 Å². The third kappa shape index (κ3) is 9.84. The molecule has 0 aliphatic heterocycles. The molecule has 1 atom stereocenters. The summed E-state index contributed by atoms with van der Waals surface area (Å²) in [5, 5.41) is 7.12. The number of hydrogen-bond acceptors (Lipinski definition) is 3. The molecule has 0 spiro atoms. The number of rotatable bonds is 8. The zero-order valence-corrected chi connectivity index (χ0v) is 16.2. The van der Waals surface area contributed by atoms with Crippen molar-refractivity contribution < 1.29 is 4.42 Å². The van der Waals surface area contributed by atoms with E-state index in [1.165, 1.54) is 0 Å². The minimum atomic E-state index is 0. The Balaban J connectivity index is 0.00000400. The fourth-order valence-electron chi connectivity index (χ4n) is 1.46. The lowest BCUT2D eigenvalue weighted by molar-refractivity contribution is 0.507. The average molecular weight is 423 g/mol. The van der Waals surface area contributed by atoms with Gasteiger partial charge in [-0.3, -0.25) is 4.99 Å². The Labute approximate surface area is 149 Å². The molecule has 1 unspecified atom stereocenters. The molecule has 0 saturated heterocycles. The van der Waals surface area contributed by atoms with Crippen molar-refractivity contribution in [2.75, 3.05) is 25.9 Å². The van der Waals surface area contributed by atoms with E-state index in [1.807, 2.05) is 30.8 Å². The molecule has 0 aliphatic carbocycles. The quantitative estimate of drug-likeness (QED) is 0.292. The van der Waals surface area contributed by atoms with Gasteiger partial charge in [0.05, 0.1) is 12.8 Å². The highest BCUT2D eigenvalue weighted by Gasteiger charge is 2.02. The molecule has 0 fully saturated rings. The second-order valence-electron chi connectivity index (χ2n) is 4.80. The second kappa shape index (κ2) is 12.0. The second-order valence-corrected chi connectivity index (χ2v) is 6.08. The van der Waals surface area contributed by atoms with Crippen LogP contribution in [0, 0.1) is 0 Å². The number of nitrogens with one attached hydrogen (secondary N) is 2. The van der Waals surface area contributed by atoms with Crippen molar-refractivity contribution in [1.82, 2.24) is 10.6 Å². The standard InChI is InChI=1S/C15H25N3OS.HI/c1-12(2)10-17-15(18-11-13(3)20-4)16-8-7-14-6-5-9-19-14;/h5-6,9,13H,1,7-8,10-11H2,2-4H3,(H2,16,17,18);1H. The molecule has 1 heterocycles. The monoisotopic (exact) mass is 423 g/mol. The van der Waals surface area contributed by atoms with Gasteiger partial charge in [-0.2, -0.15) is 11.8 Å². The van der Waals surface area contributed by atoms with Gasteiger partial charge in [0.15, 0.2) is 5.96 Å². The van der Waals surface area contributed by atoms with E-state index in [1.54, 1.807) is 6.26 Å². The summed E-state index contributed by atoms with van der Waals surface area (Å²) in [5.41, 5.74) is 1.09. The molecule has 0 bridgehead atoms. The number of furan rings is 1. The summed E-state index contributed by atoms with van der Waals surface area (Å²) >= 11 is 1.82. The van der Waals surface area contributed by atoms with Crippen molar-refractivity contribution in [2.24, 2.45) is 4.99 Å². The van der Waals surface area contributed by atoms with Gasteiger partial charge >= 0.3 is 0 Å². The van der Waals surface area contributed by atoms with Gasteiger partial charge in [-0.05, 0) is 25.3 Å². The number of hydrogen-bond donors (Lipinski definition) is 2. The summed E-state index contributed by atoms with van der Waals surface area (Å²) in [7, 11) is 0. The highest BCUT2D eigenvalue weighted by molar-refractivity contribution is 14.0. The molecular formula is C15H26IN3OS. The third-order valence-corrected chi connectivity index (χ3v) is 3.66. The zero-order valence-electron chi connectivity index (χ0n) is 13.0. The lowest BCUT2D eigenvalue weighted by Crippen LogP contribution is -2.39. The fourth-order valence-corrected chi connectivity index (χ4v) is 1.69. The Kier molecular flexibility index (Phi) is 11.6. The minimum Gasteiger partial charge on any atom is -0.469 e. The van der Waals surface area contributed by atoms with Crippen molar-refractivity contribution in [3.05, 3.63) is 36.3 Å². The van der Waals surface area contributed by atoms with Gasteiger partial charge in [0.2, 0.25) is 0 Å². The van der Waals surface area contributed by atoms with Gasteiger partial charge in [0.1, 0.15) is 5.76 Å². The van der Waals surface area contributed by atoms with Crippen molar-refractivity contribution in [1.29, 1.82) is 0 Å². The van der Waals surface area contributed by atoms with Crippen LogP contribution in [0.1, 0.15) is 19.6 Å². The summed E-state index contributed by atoms with van der Waals surface area (Å²) in [4.78, 5) is 4.59. The number of aliphatic imine (C=N–C) groups is 1. The van der Waals surface area contributed by atoms with Gasteiger partial charge in [0, 0.05) is 24.8 Å². The predicted octanol–water partition coefficient (Wildman–Crippen LogP) is 3.30. The summed E-state index contributed by atoms with van der Waals surface area (Å²) in [6.07, 6.45) is 4.65. The van der Waals surface area contributed by atoms with E-state index in [2.05, 4.69) is 35.4 Å². The van der Waals surface area contributed by atoms with Crippen LogP contribution in [0.5, 0.6) is 0 Å². The zero-order chi connectivity index (χ0) is 14.8. The molecule has 1 rings (SSSR count). The molecule has 6 heteroatoms. The maximum absolute atomic E-state index is 5.31. The van der Waals surface area contributed by atoms with Crippen molar-refractivity contribution in [3.63, 3.8) is 0 Å². The lowest BCUT2D eigenvalue weighted by atomic mass is 10.3. The molecule has 4 nitrogen and oxygen atoms in total. The van der Waals surface area contributed by atoms with Crippen LogP contribution >= 0.6 is 35.7 Å². The maximum atomic E-state index is 5.31. The third-order valence-electron chi connectivity index (χ3n) is 2.71. The minimum absolute atomic E-state index is 0. The van der Waals surface area contributed by atoms with Crippen LogP contribution in [-0.2, 0) is 6.42 Å². The van der Waals surface area contributed by atoms with Gasteiger partial charge in [-0.25, -0.2) is 0 Å². The highest BCUT2D eigenvalue weighted by Crippen LogP contribution is 2.04. The first-order chi connectivity index (χ1) is 9.61. The van der Waals surface area contributed by atoms with Crippen LogP contribution < -0.4 is 10.6 Å². The number of nitrogens with zero attached hydrogens (tertiary/aromatic N) is 1. The van der Waals surface area contributed by atoms with Gasteiger partial charge in [-0.1, -0.05) is 19.1 Å².